The quantitative estimate of drug-likeness (QED) is 0.301. The molecule has 0 saturated carbocycles. The van der Waals surface area contributed by atoms with Gasteiger partial charge in [-0.15, -0.1) is 0 Å². The van der Waals surface area contributed by atoms with Gasteiger partial charge in [0.15, 0.2) is 0 Å². The van der Waals surface area contributed by atoms with Gasteiger partial charge in [0, 0.05) is 0 Å². The van der Waals surface area contributed by atoms with E-state index in [9.17, 15) is 4.79 Å². The van der Waals surface area contributed by atoms with Gasteiger partial charge in [-0.1, -0.05) is 0 Å². The Hall–Kier alpha value is 0.140. The van der Waals surface area contributed by atoms with Crippen LogP contribution in [0.25, 0.3) is 0 Å². The van der Waals surface area contributed by atoms with Crippen molar-refractivity contribution in [3.63, 3.8) is 0 Å². The average Bonchev–Trinajstić information content (AvgIpc) is 1.86. The van der Waals surface area contributed by atoms with Gasteiger partial charge in [-0.3, -0.25) is 0 Å². The fourth-order valence-electron chi connectivity index (χ4n) is 0.280. The third-order valence-electron chi connectivity index (χ3n) is 0.547. The first kappa shape index (κ1) is 4.30. The van der Waals surface area contributed by atoms with Crippen molar-refractivity contribution in [2.45, 2.75) is 0 Å². The molecule has 0 aromatic heterocycles. The molecule has 2 heteroatoms. The average molecular weight is 195 g/mol. The number of hydrogen-bond acceptors (Lipinski definition) is 1. The summed E-state index contributed by atoms with van der Waals surface area (Å²) >= 11 is 0.172. The number of alkyl halides is 1. The molecule has 1 heterocycles. The summed E-state index contributed by atoms with van der Waals surface area (Å²) in [5.74, 6) is 0.322. The molecule has 0 aliphatic carbocycles. The van der Waals surface area contributed by atoms with Gasteiger partial charge < -0.3 is 0 Å². The van der Waals surface area contributed by atoms with Crippen LogP contribution in [0.1, 0.15) is 0 Å². The van der Waals surface area contributed by atoms with E-state index in [0.29, 0.717) is 5.78 Å². The van der Waals surface area contributed by atoms with Crippen LogP contribution in [-0.2, 0) is 4.79 Å². The molecule has 1 nitrogen and oxygen atoms in total. The predicted octanol–water partition coefficient (Wildman–Crippen LogP) is -2.83. The predicted molar refractivity (Wildman–Crippen MR) is 19.0 cm³/mol. The molecule has 0 atom stereocenters. The van der Waals surface area contributed by atoms with Gasteiger partial charge in [0.1, 0.15) is 0 Å². The van der Waals surface area contributed by atoms with Gasteiger partial charge in [0.2, 0.25) is 0 Å². The third-order valence-corrected chi connectivity index (χ3v) is 2.61. The van der Waals surface area contributed by atoms with Crippen molar-refractivity contribution in [1.29, 1.82) is 0 Å². The molecule has 0 aromatic carbocycles. The van der Waals surface area contributed by atoms with Crippen LogP contribution in [0, 0.1) is 0 Å². The Kier molecular flexibility index (Phi) is 1.24. The van der Waals surface area contributed by atoms with E-state index in [1.54, 1.807) is 6.08 Å². The second-order valence-corrected chi connectivity index (χ2v) is 3.41. The molecular formula is C4H4IO-. The van der Waals surface area contributed by atoms with E-state index in [2.05, 4.69) is 0 Å². The molecular weight excluding hydrogens is 191 g/mol. The second kappa shape index (κ2) is 1.73. The first-order valence-electron chi connectivity index (χ1n) is 1.67. The normalized spacial score (nSPS) is 21.0. The molecule has 0 radical (unpaired) electrons. The van der Waals surface area contributed by atoms with Gasteiger partial charge in [-0.05, 0) is 0 Å². The van der Waals surface area contributed by atoms with Crippen LogP contribution in [-0.4, -0.2) is 10.2 Å². The van der Waals surface area contributed by atoms with Crippen molar-refractivity contribution >= 4 is 5.78 Å². The van der Waals surface area contributed by atoms with Crippen LogP contribution < -0.4 is 21.2 Å². The molecule has 0 bridgehead atoms. The van der Waals surface area contributed by atoms with Gasteiger partial charge in [-0.25, -0.2) is 0 Å². The zero-order valence-corrected chi connectivity index (χ0v) is 5.31. The van der Waals surface area contributed by atoms with E-state index >= 15 is 0 Å². The number of carbonyl (C=O) groups excluding carboxylic acids is 1. The maximum absolute atomic E-state index is 10.2. The molecule has 1 rings (SSSR count). The van der Waals surface area contributed by atoms with Crippen LogP contribution in [0.2, 0.25) is 0 Å². The molecule has 0 fully saturated rings. The Labute approximate surface area is 46.7 Å². The molecule has 0 unspecified atom stereocenters. The SMILES string of the molecule is O=C1C=C[I-]C1. The Balaban J connectivity index is 2.59. The third kappa shape index (κ3) is 0.801. The first-order chi connectivity index (χ1) is 2.89. The standard InChI is InChI=1S/C4H4IO/c6-4-1-2-5-3-4/h1-2H,3H2/q-1. The molecule has 6 heavy (non-hydrogen) atoms. The number of allylic oxidation sites excluding steroid dienone is 1. The van der Waals surface area contributed by atoms with E-state index in [1.165, 1.54) is 0 Å². The summed E-state index contributed by atoms with van der Waals surface area (Å²) in [6.45, 7) is 0. The Morgan fingerprint density at radius 2 is 2.67 bits per heavy atom. The van der Waals surface area contributed by atoms with Crippen LogP contribution in [0.4, 0.5) is 0 Å². The summed E-state index contributed by atoms with van der Waals surface area (Å²) in [5.41, 5.74) is 0. The Morgan fingerprint density at radius 3 is 2.83 bits per heavy atom. The maximum atomic E-state index is 10.2. The fourth-order valence-corrected chi connectivity index (χ4v) is 1.88. The van der Waals surface area contributed by atoms with Gasteiger partial charge >= 0.3 is 46.4 Å². The summed E-state index contributed by atoms with van der Waals surface area (Å²) < 4.78 is 2.86. The van der Waals surface area contributed by atoms with Crippen molar-refractivity contribution in [2.24, 2.45) is 0 Å². The second-order valence-electron chi connectivity index (χ2n) is 1.05. The number of carbonyl (C=O) groups is 1. The van der Waals surface area contributed by atoms with E-state index < -0.39 is 0 Å². The zero-order valence-electron chi connectivity index (χ0n) is 3.15. The van der Waals surface area contributed by atoms with Crippen molar-refractivity contribution in [1.82, 2.24) is 0 Å². The zero-order chi connectivity index (χ0) is 4.41. The monoisotopic (exact) mass is 195 g/mol. The molecule has 0 amide bonds. The van der Waals surface area contributed by atoms with Crippen LogP contribution in [0.15, 0.2) is 10.2 Å². The van der Waals surface area contributed by atoms with Gasteiger partial charge in [0.05, 0.1) is 0 Å². The summed E-state index contributed by atoms with van der Waals surface area (Å²) in [6, 6.07) is 0. The van der Waals surface area contributed by atoms with Crippen molar-refractivity contribution in [3.8, 4) is 0 Å². The van der Waals surface area contributed by atoms with E-state index in [-0.39, 0.29) is 21.2 Å². The molecule has 34 valence electrons. The minimum atomic E-state index is 0.172. The van der Waals surface area contributed by atoms with Gasteiger partial charge in [-0.2, -0.15) is 0 Å². The number of halogens is 1. The minimum absolute atomic E-state index is 0.172. The molecule has 1 aliphatic rings. The van der Waals surface area contributed by atoms with Crippen LogP contribution in [0.5, 0.6) is 0 Å². The molecule has 0 saturated heterocycles. The van der Waals surface area contributed by atoms with E-state index in [0.717, 1.165) is 4.43 Å². The molecule has 0 N–H and O–H groups in total. The fraction of sp³-hybridized carbons (Fsp3) is 0.250. The van der Waals surface area contributed by atoms with Crippen molar-refractivity contribution in [3.05, 3.63) is 10.2 Å². The summed E-state index contributed by atoms with van der Waals surface area (Å²) in [6.07, 6.45) is 1.69. The summed E-state index contributed by atoms with van der Waals surface area (Å²) in [4.78, 5) is 10.2. The molecule has 0 aromatic rings. The van der Waals surface area contributed by atoms with E-state index in [1.807, 2.05) is 4.08 Å². The van der Waals surface area contributed by atoms with Crippen LogP contribution in [0.3, 0.4) is 0 Å². The van der Waals surface area contributed by atoms with Crippen molar-refractivity contribution in [2.75, 3.05) is 4.43 Å². The van der Waals surface area contributed by atoms with Crippen LogP contribution >= 0.6 is 0 Å². The first-order valence-corrected chi connectivity index (χ1v) is 4.44. The van der Waals surface area contributed by atoms with Crippen molar-refractivity contribution < 1.29 is 26.0 Å². The number of rotatable bonds is 0. The summed E-state index contributed by atoms with van der Waals surface area (Å²) in [7, 11) is 0. The van der Waals surface area contributed by atoms with Gasteiger partial charge in [0.25, 0.3) is 0 Å². The number of ketones is 1. The Bertz CT molecular complexity index is 95.7. The number of hydrogen-bond donors (Lipinski definition) is 0. The Morgan fingerprint density at radius 1 is 1.83 bits per heavy atom. The topological polar surface area (TPSA) is 17.1 Å². The van der Waals surface area contributed by atoms with E-state index in [4.69, 9.17) is 0 Å². The summed E-state index contributed by atoms with van der Waals surface area (Å²) in [5, 5.41) is 0. The molecule has 1 aliphatic heterocycles. The molecule has 0 spiro atoms.